The molecule has 24 heavy (non-hydrogen) atoms. The maximum atomic E-state index is 11.0. The summed E-state index contributed by atoms with van der Waals surface area (Å²) in [6.45, 7) is 3.62. The number of ether oxygens (including phenoxy) is 3. The second kappa shape index (κ2) is 7.35. The van der Waals surface area contributed by atoms with Gasteiger partial charge in [0.2, 0.25) is 5.75 Å². The highest BCUT2D eigenvalue weighted by Crippen LogP contribution is 2.46. The Bertz CT molecular complexity index is 795. The largest absolute Gasteiger partial charge is 0.493 e. The summed E-state index contributed by atoms with van der Waals surface area (Å²) in [4.78, 5) is 16.3. The van der Waals surface area contributed by atoms with Crippen molar-refractivity contribution in [2.24, 2.45) is 0 Å². The van der Waals surface area contributed by atoms with E-state index in [4.69, 9.17) is 19.3 Å². The predicted octanol–water partition coefficient (Wildman–Crippen LogP) is 3.63. The summed E-state index contributed by atoms with van der Waals surface area (Å²) in [5.74, 6) is 0.508. The van der Waals surface area contributed by atoms with Gasteiger partial charge in [-0.05, 0) is 31.6 Å². The number of nitrogens with zero attached hydrogens (tertiary/aromatic N) is 1. The number of aliphatic carboxylic acids is 1. The van der Waals surface area contributed by atoms with E-state index < -0.39 is 5.97 Å². The van der Waals surface area contributed by atoms with Gasteiger partial charge in [0.1, 0.15) is 0 Å². The van der Waals surface area contributed by atoms with E-state index in [0.29, 0.717) is 34.1 Å². The SMILES string of the molecule is COc1ccc(-c2nc(C)sc2/C(C)=C/C(=O)O)c(OC)c1OC. The predicted molar refractivity (Wildman–Crippen MR) is 93.2 cm³/mol. The van der Waals surface area contributed by atoms with Crippen molar-refractivity contribution in [2.75, 3.05) is 21.3 Å². The number of hydrogen-bond acceptors (Lipinski definition) is 6. The maximum Gasteiger partial charge on any atom is 0.328 e. The van der Waals surface area contributed by atoms with Crippen LogP contribution >= 0.6 is 11.3 Å². The molecule has 2 rings (SSSR count). The molecule has 2 aromatic rings. The average molecular weight is 349 g/mol. The Hall–Kier alpha value is -2.54. The van der Waals surface area contributed by atoms with Crippen molar-refractivity contribution in [1.29, 1.82) is 0 Å². The fourth-order valence-electron chi connectivity index (χ4n) is 2.42. The smallest absolute Gasteiger partial charge is 0.328 e. The van der Waals surface area contributed by atoms with Crippen molar-refractivity contribution in [1.82, 2.24) is 4.98 Å². The molecule has 0 amide bonds. The lowest BCUT2D eigenvalue weighted by molar-refractivity contribution is -0.131. The van der Waals surface area contributed by atoms with Crippen LogP contribution in [-0.4, -0.2) is 37.4 Å². The van der Waals surface area contributed by atoms with Crippen LogP contribution in [0, 0.1) is 6.92 Å². The standard InChI is InChI=1S/C17H19NO5S/c1-9(8-13(19)20)17-14(18-10(2)24-17)11-6-7-12(21-3)16(23-5)15(11)22-4/h6-8H,1-5H3,(H,19,20)/b9-8+. The van der Waals surface area contributed by atoms with Crippen molar-refractivity contribution < 1.29 is 24.1 Å². The maximum absolute atomic E-state index is 11.0. The molecule has 0 aliphatic carbocycles. The minimum Gasteiger partial charge on any atom is -0.493 e. The van der Waals surface area contributed by atoms with Gasteiger partial charge in [0.25, 0.3) is 0 Å². The molecule has 6 nitrogen and oxygen atoms in total. The number of carboxylic acid groups (broad SMARTS) is 1. The number of carboxylic acids is 1. The molecule has 1 aromatic carbocycles. The van der Waals surface area contributed by atoms with E-state index in [1.807, 2.05) is 13.0 Å². The Kier molecular flexibility index (Phi) is 5.46. The van der Waals surface area contributed by atoms with Crippen LogP contribution < -0.4 is 14.2 Å². The minimum atomic E-state index is -0.997. The highest BCUT2D eigenvalue weighted by Gasteiger charge is 2.22. The number of aromatic nitrogens is 1. The summed E-state index contributed by atoms with van der Waals surface area (Å²) < 4.78 is 16.2. The summed E-state index contributed by atoms with van der Waals surface area (Å²) >= 11 is 1.43. The van der Waals surface area contributed by atoms with Crippen molar-refractivity contribution in [3.05, 3.63) is 28.1 Å². The van der Waals surface area contributed by atoms with Crippen LogP contribution in [-0.2, 0) is 4.79 Å². The fraction of sp³-hybridized carbons (Fsp3) is 0.294. The molecule has 7 heteroatoms. The summed E-state index contributed by atoms with van der Waals surface area (Å²) in [5.41, 5.74) is 2.00. The molecule has 0 saturated carbocycles. The number of benzene rings is 1. The molecule has 0 saturated heterocycles. The van der Waals surface area contributed by atoms with E-state index >= 15 is 0 Å². The van der Waals surface area contributed by atoms with Gasteiger partial charge in [0.15, 0.2) is 11.5 Å². The number of rotatable bonds is 6. The van der Waals surface area contributed by atoms with Gasteiger partial charge in [-0.15, -0.1) is 11.3 Å². The fourth-order valence-corrected chi connectivity index (χ4v) is 3.32. The van der Waals surface area contributed by atoms with Crippen LogP contribution in [0.4, 0.5) is 0 Å². The monoisotopic (exact) mass is 349 g/mol. The zero-order valence-corrected chi connectivity index (χ0v) is 15.0. The third-order valence-corrected chi connectivity index (χ3v) is 4.50. The highest BCUT2D eigenvalue weighted by atomic mass is 32.1. The number of methoxy groups -OCH3 is 3. The quantitative estimate of drug-likeness (QED) is 0.803. The number of allylic oxidation sites excluding steroid dienone is 1. The molecular weight excluding hydrogens is 330 g/mol. The van der Waals surface area contributed by atoms with E-state index in [-0.39, 0.29) is 0 Å². The molecule has 0 bridgehead atoms. The van der Waals surface area contributed by atoms with Gasteiger partial charge in [0, 0.05) is 11.6 Å². The topological polar surface area (TPSA) is 77.9 Å². The van der Waals surface area contributed by atoms with Crippen molar-refractivity contribution in [2.45, 2.75) is 13.8 Å². The number of carbonyl (C=O) groups is 1. The van der Waals surface area contributed by atoms with Gasteiger partial charge in [-0.25, -0.2) is 9.78 Å². The van der Waals surface area contributed by atoms with Crippen molar-refractivity contribution in [3.8, 4) is 28.5 Å². The van der Waals surface area contributed by atoms with Crippen LogP contribution in [0.3, 0.4) is 0 Å². The lowest BCUT2D eigenvalue weighted by Crippen LogP contribution is -1.98. The Morgan fingerprint density at radius 1 is 1.17 bits per heavy atom. The first-order valence-corrected chi connectivity index (χ1v) is 7.92. The third-order valence-electron chi connectivity index (χ3n) is 3.39. The normalized spacial score (nSPS) is 11.3. The summed E-state index contributed by atoms with van der Waals surface area (Å²) in [6, 6.07) is 3.59. The van der Waals surface area contributed by atoms with Crippen LogP contribution in [0.2, 0.25) is 0 Å². The molecule has 0 aliphatic heterocycles. The van der Waals surface area contributed by atoms with Crippen molar-refractivity contribution in [3.63, 3.8) is 0 Å². The molecule has 0 unspecified atom stereocenters. The molecule has 0 aliphatic rings. The van der Waals surface area contributed by atoms with E-state index in [0.717, 1.165) is 9.88 Å². The lowest BCUT2D eigenvalue weighted by Gasteiger charge is -2.15. The van der Waals surface area contributed by atoms with Crippen LogP contribution in [0.5, 0.6) is 17.2 Å². The molecule has 128 valence electrons. The zero-order chi connectivity index (χ0) is 17.9. The average Bonchev–Trinajstić information content (AvgIpc) is 2.94. The number of thiazole rings is 1. The van der Waals surface area contributed by atoms with Gasteiger partial charge in [-0.3, -0.25) is 0 Å². The molecule has 0 fully saturated rings. The summed E-state index contributed by atoms with van der Waals surface area (Å²) in [7, 11) is 4.63. The first-order chi connectivity index (χ1) is 11.4. The Morgan fingerprint density at radius 2 is 1.83 bits per heavy atom. The van der Waals surface area contributed by atoms with Gasteiger partial charge in [-0.1, -0.05) is 0 Å². The van der Waals surface area contributed by atoms with Crippen LogP contribution in [0.1, 0.15) is 16.8 Å². The van der Waals surface area contributed by atoms with E-state index in [1.165, 1.54) is 24.5 Å². The molecule has 1 heterocycles. The zero-order valence-electron chi connectivity index (χ0n) is 14.2. The van der Waals surface area contributed by atoms with Crippen LogP contribution in [0.25, 0.3) is 16.8 Å². The number of aryl methyl sites for hydroxylation is 1. The molecule has 0 radical (unpaired) electrons. The van der Waals surface area contributed by atoms with E-state index in [2.05, 4.69) is 4.98 Å². The Labute approximate surface area is 144 Å². The molecule has 1 N–H and O–H groups in total. The van der Waals surface area contributed by atoms with Gasteiger partial charge in [-0.2, -0.15) is 0 Å². The Balaban J connectivity index is 2.72. The molecular formula is C17H19NO5S. The van der Waals surface area contributed by atoms with Crippen LogP contribution in [0.15, 0.2) is 18.2 Å². The lowest BCUT2D eigenvalue weighted by atomic mass is 10.1. The summed E-state index contributed by atoms with van der Waals surface area (Å²) in [6.07, 6.45) is 1.17. The molecule has 0 spiro atoms. The first-order valence-electron chi connectivity index (χ1n) is 7.11. The third kappa shape index (κ3) is 3.35. The van der Waals surface area contributed by atoms with Gasteiger partial charge < -0.3 is 19.3 Å². The molecule has 1 aromatic heterocycles. The number of hydrogen-bond donors (Lipinski definition) is 1. The first kappa shape index (κ1) is 17.8. The Morgan fingerprint density at radius 3 is 2.38 bits per heavy atom. The van der Waals surface area contributed by atoms with Gasteiger partial charge in [0.05, 0.1) is 36.9 Å². The second-order valence-corrected chi connectivity index (χ2v) is 6.16. The van der Waals surface area contributed by atoms with E-state index in [1.54, 1.807) is 27.2 Å². The second-order valence-electron chi connectivity index (χ2n) is 4.96. The molecule has 0 atom stereocenters. The minimum absolute atomic E-state index is 0.467. The highest BCUT2D eigenvalue weighted by molar-refractivity contribution is 7.13. The van der Waals surface area contributed by atoms with Crippen molar-refractivity contribution >= 4 is 22.9 Å². The van der Waals surface area contributed by atoms with E-state index in [9.17, 15) is 4.79 Å². The van der Waals surface area contributed by atoms with Gasteiger partial charge >= 0.3 is 5.97 Å². The summed E-state index contributed by atoms with van der Waals surface area (Å²) in [5, 5.41) is 9.84.